The van der Waals surface area contributed by atoms with Gasteiger partial charge in [-0.05, 0) is 54.1 Å². The molecule has 0 aliphatic carbocycles. The van der Waals surface area contributed by atoms with Gasteiger partial charge in [-0.1, -0.05) is 12.1 Å². The van der Waals surface area contributed by atoms with Crippen LogP contribution in [-0.2, 0) is 0 Å². The van der Waals surface area contributed by atoms with Crippen molar-refractivity contribution < 1.29 is 14.3 Å². The number of carbonyl (C=O) groups is 1. The van der Waals surface area contributed by atoms with Crippen molar-refractivity contribution in [3.63, 3.8) is 0 Å². The van der Waals surface area contributed by atoms with Crippen LogP contribution in [0.3, 0.4) is 0 Å². The molecule has 1 amide bonds. The van der Waals surface area contributed by atoms with Gasteiger partial charge in [0.25, 0.3) is 5.91 Å². The quantitative estimate of drug-likeness (QED) is 0.507. The number of aromatic nitrogens is 1. The van der Waals surface area contributed by atoms with Gasteiger partial charge in [0, 0.05) is 16.8 Å². The molecule has 1 N–H and O–H groups in total. The summed E-state index contributed by atoms with van der Waals surface area (Å²) in [6, 6.07) is 18.8. The summed E-state index contributed by atoms with van der Waals surface area (Å²) in [5.74, 6) is 1.35. The Morgan fingerprint density at radius 3 is 2.54 bits per heavy atom. The second kappa shape index (κ2) is 7.70. The van der Waals surface area contributed by atoms with Gasteiger partial charge in [-0.15, -0.1) is 11.3 Å². The zero-order chi connectivity index (χ0) is 19.5. The maximum absolute atomic E-state index is 12.7. The van der Waals surface area contributed by atoms with Crippen LogP contribution in [0.1, 0.15) is 10.4 Å². The molecule has 0 radical (unpaired) electrons. The van der Waals surface area contributed by atoms with Crippen molar-refractivity contribution in [1.82, 2.24) is 4.98 Å². The molecule has 5 nitrogen and oxygen atoms in total. The molecular formula is C22H18N2O3S. The number of rotatable bonds is 5. The first kappa shape index (κ1) is 18.0. The minimum Gasteiger partial charge on any atom is -0.497 e. The Hall–Kier alpha value is -3.38. The fraction of sp³-hybridized carbons (Fsp3) is 0.0909. The van der Waals surface area contributed by atoms with E-state index in [0.717, 1.165) is 32.8 Å². The Balaban J connectivity index is 1.63. The summed E-state index contributed by atoms with van der Waals surface area (Å²) in [6.45, 7) is 0. The Morgan fingerprint density at radius 2 is 1.79 bits per heavy atom. The standard InChI is InChI=1S/C22H18N2O3S/c1-26-17-7-3-14(4-8-17)18-12-16(6-10-20(18)27-2)24-22(25)15-5-9-19-21(11-15)28-13-23-19/h3-13H,1-2H3,(H,24,25). The summed E-state index contributed by atoms with van der Waals surface area (Å²) in [7, 11) is 3.26. The highest BCUT2D eigenvalue weighted by molar-refractivity contribution is 7.16. The lowest BCUT2D eigenvalue weighted by atomic mass is 10.0. The van der Waals surface area contributed by atoms with Gasteiger partial charge < -0.3 is 14.8 Å². The van der Waals surface area contributed by atoms with Gasteiger partial charge in [0.05, 0.1) is 29.9 Å². The number of ether oxygens (including phenoxy) is 2. The maximum atomic E-state index is 12.7. The summed E-state index contributed by atoms with van der Waals surface area (Å²) in [6.07, 6.45) is 0. The third kappa shape index (κ3) is 3.54. The first-order valence-corrected chi connectivity index (χ1v) is 9.53. The van der Waals surface area contributed by atoms with Crippen molar-refractivity contribution in [2.24, 2.45) is 0 Å². The van der Waals surface area contributed by atoms with Crippen LogP contribution < -0.4 is 14.8 Å². The van der Waals surface area contributed by atoms with Gasteiger partial charge in [0.2, 0.25) is 0 Å². The number of hydrogen-bond acceptors (Lipinski definition) is 5. The summed E-state index contributed by atoms with van der Waals surface area (Å²) in [5.41, 5.74) is 5.82. The van der Waals surface area contributed by atoms with Gasteiger partial charge in [-0.2, -0.15) is 0 Å². The second-order valence-electron chi connectivity index (χ2n) is 6.13. The Morgan fingerprint density at radius 1 is 0.964 bits per heavy atom. The van der Waals surface area contributed by atoms with Gasteiger partial charge in [-0.25, -0.2) is 4.98 Å². The first-order valence-electron chi connectivity index (χ1n) is 8.65. The van der Waals surface area contributed by atoms with Crippen LogP contribution in [0.5, 0.6) is 11.5 Å². The SMILES string of the molecule is COc1ccc(-c2cc(NC(=O)c3ccc4ncsc4c3)ccc2OC)cc1. The minimum absolute atomic E-state index is 0.166. The molecule has 28 heavy (non-hydrogen) atoms. The molecule has 0 aliphatic heterocycles. The number of nitrogens with zero attached hydrogens (tertiary/aromatic N) is 1. The maximum Gasteiger partial charge on any atom is 0.255 e. The molecule has 1 heterocycles. The van der Waals surface area contributed by atoms with Crippen LogP contribution in [0.2, 0.25) is 0 Å². The number of thiazole rings is 1. The molecule has 6 heteroatoms. The van der Waals surface area contributed by atoms with E-state index in [1.807, 2.05) is 54.6 Å². The molecule has 4 aromatic rings. The van der Waals surface area contributed by atoms with Crippen LogP contribution in [0.25, 0.3) is 21.3 Å². The van der Waals surface area contributed by atoms with Gasteiger partial charge in [0.1, 0.15) is 11.5 Å². The number of hydrogen-bond donors (Lipinski definition) is 1. The van der Waals surface area contributed by atoms with Crippen LogP contribution >= 0.6 is 11.3 Å². The van der Waals surface area contributed by atoms with Crippen molar-refractivity contribution in [2.45, 2.75) is 0 Å². The highest BCUT2D eigenvalue weighted by Gasteiger charge is 2.12. The Bertz CT molecular complexity index is 1140. The molecule has 0 atom stereocenters. The molecule has 0 unspecified atom stereocenters. The largest absolute Gasteiger partial charge is 0.497 e. The number of fused-ring (bicyclic) bond motifs is 1. The van der Waals surface area contributed by atoms with Gasteiger partial charge in [-0.3, -0.25) is 4.79 Å². The number of carbonyl (C=O) groups excluding carboxylic acids is 1. The highest BCUT2D eigenvalue weighted by Crippen LogP contribution is 2.33. The zero-order valence-electron chi connectivity index (χ0n) is 15.4. The smallest absolute Gasteiger partial charge is 0.255 e. The van der Waals surface area contributed by atoms with Crippen LogP contribution in [0, 0.1) is 0 Å². The molecule has 0 bridgehead atoms. The van der Waals surface area contributed by atoms with E-state index in [9.17, 15) is 4.79 Å². The molecule has 0 fully saturated rings. The van der Waals surface area contributed by atoms with Crippen molar-refractivity contribution in [3.05, 3.63) is 71.7 Å². The highest BCUT2D eigenvalue weighted by atomic mass is 32.1. The van der Waals surface area contributed by atoms with E-state index in [1.165, 1.54) is 11.3 Å². The average molecular weight is 390 g/mol. The predicted octanol–water partition coefficient (Wildman–Crippen LogP) is 5.23. The number of nitrogens with one attached hydrogen (secondary N) is 1. The zero-order valence-corrected chi connectivity index (χ0v) is 16.2. The Kier molecular flexibility index (Phi) is 4.95. The summed E-state index contributed by atoms with van der Waals surface area (Å²) >= 11 is 1.51. The third-order valence-corrected chi connectivity index (χ3v) is 5.24. The lowest BCUT2D eigenvalue weighted by molar-refractivity contribution is 0.102. The monoisotopic (exact) mass is 390 g/mol. The van der Waals surface area contributed by atoms with Crippen molar-refractivity contribution in [1.29, 1.82) is 0 Å². The van der Waals surface area contributed by atoms with Crippen LogP contribution in [0.15, 0.2) is 66.2 Å². The third-order valence-electron chi connectivity index (χ3n) is 4.45. The summed E-state index contributed by atoms with van der Waals surface area (Å²) in [5, 5.41) is 2.96. The summed E-state index contributed by atoms with van der Waals surface area (Å²) < 4.78 is 11.7. The van der Waals surface area contributed by atoms with E-state index in [0.29, 0.717) is 11.3 Å². The van der Waals surface area contributed by atoms with E-state index in [4.69, 9.17) is 9.47 Å². The molecule has 3 aromatic carbocycles. The Labute approximate surface area is 166 Å². The lowest BCUT2D eigenvalue weighted by Gasteiger charge is -2.12. The van der Waals surface area contributed by atoms with Gasteiger partial charge in [0.15, 0.2) is 0 Å². The average Bonchev–Trinajstić information content (AvgIpc) is 3.21. The number of methoxy groups -OCH3 is 2. The normalized spacial score (nSPS) is 10.6. The fourth-order valence-electron chi connectivity index (χ4n) is 2.98. The molecule has 1 aromatic heterocycles. The van der Waals surface area contributed by atoms with E-state index < -0.39 is 0 Å². The molecule has 0 saturated heterocycles. The van der Waals surface area contributed by atoms with Crippen molar-refractivity contribution >= 4 is 33.1 Å². The molecule has 4 rings (SSSR count). The van der Waals surface area contributed by atoms with E-state index in [2.05, 4.69) is 10.3 Å². The van der Waals surface area contributed by atoms with E-state index in [-0.39, 0.29) is 5.91 Å². The molecule has 0 spiro atoms. The van der Waals surface area contributed by atoms with Crippen molar-refractivity contribution in [2.75, 3.05) is 19.5 Å². The molecule has 140 valence electrons. The van der Waals surface area contributed by atoms with E-state index >= 15 is 0 Å². The van der Waals surface area contributed by atoms with Gasteiger partial charge >= 0.3 is 0 Å². The molecule has 0 aliphatic rings. The topological polar surface area (TPSA) is 60.5 Å². The lowest BCUT2D eigenvalue weighted by Crippen LogP contribution is -2.11. The molecule has 0 saturated carbocycles. The second-order valence-corrected chi connectivity index (χ2v) is 7.02. The number of benzene rings is 3. The number of amides is 1. The van der Waals surface area contributed by atoms with Crippen LogP contribution in [-0.4, -0.2) is 25.1 Å². The molecular weight excluding hydrogens is 372 g/mol. The number of anilines is 1. The fourth-order valence-corrected chi connectivity index (χ4v) is 3.70. The first-order chi connectivity index (χ1) is 13.7. The van der Waals surface area contributed by atoms with E-state index in [1.54, 1.807) is 25.8 Å². The predicted molar refractivity (Wildman–Crippen MR) is 113 cm³/mol. The van der Waals surface area contributed by atoms with Crippen molar-refractivity contribution in [3.8, 4) is 22.6 Å². The van der Waals surface area contributed by atoms with Crippen LogP contribution in [0.4, 0.5) is 5.69 Å². The summed E-state index contributed by atoms with van der Waals surface area (Å²) in [4.78, 5) is 16.9. The minimum atomic E-state index is -0.166.